The number of hydrogen-bond donors (Lipinski definition) is 1. The molecule has 0 unspecified atom stereocenters. The van der Waals surface area contributed by atoms with Crippen LogP contribution in [0.2, 0.25) is 5.02 Å². The van der Waals surface area contributed by atoms with Crippen molar-refractivity contribution in [3.8, 4) is 0 Å². The smallest absolute Gasteiger partial charge is 0.409 e. The molecule has 0 saturated carbocycles. The monoisotopic (exact) mass is 467 g/mol. The highest BCUT2D eigenvalue weighted by atomic mass is 35.5. The summed E-state index contributed by atoms with van der Waals surface area (Å²) in [4.78, 5) is 42.1. The van der Waals surface area contributed by atoms with Crippen LogP contribution in [0.5, 0.6) is 0 Å². The molecule has 2 aromatic carbocycles. The molecule has 33 heavy (non-hydrogen) atoms. The molecule has 7 nitrogen and oxygen atoms in total. The molecule has 2 aliphatic heterocycles. The molecule has 1 saturated heterocycles. The van der Waals surface area contributed by atoms with Gasteiger partial charge in [-0.05, 0) is 49.9 Å². The molecule has 1 N–H and O–H groups in total. The lowest BCUT2D eigenvalue weighted by molar-refractivity contribution is -0.140. The molecule has 0 aliphatic carbocycles. The Hall–Kier alpha value is -3.32. The van der Waals surface area contributed by atoms with E-state index in [0.29, 0.717) is 54.4 Å². The van der Waals surface area contributed by atoms with E-state index in [1.807, 2.05) is 43.3 Å². The van der Waals surface area contributed by atoms with E-state index in [1.165, 1.54) is 4.90 Å². The van der Waals surface area contributed by atoms with E-state index in [1.54, 1.807) is 24.0 Å². The first-order chi connectivity index (χ1) is 15.9. The largest absolute Gasteiger partial charge is 0.450 e. The number of benzene rings is 2. The molecule has 172 valence electrons. The summed E-state index contributed by atoms with van der Waals surface area (Å²) in [6, 6.07) is 14.3. The SMILES string of the molecule is CCOC(=O)N1CCC(N2C(=O)C(Nc3cccc(Cl)c3C)=C(c3ccccc3)C2=O)CC1. The van der Waals surface area contributed by atoms with Gasteiger partial charge in [0.05, 0.1) is 12.2 Å². The van der Waals surface area contributed by atoms with Crippen LogP contribution in [0, 0.1) is 6.92 Å². The lowest BCUT2D eigenvalue weighted by Gasteiger charge is -2.35. The second kappa shape index (κ2) is 9.67. The fourth-order valence-electron chi connectivity index (χ4n) is 4.27. The van der Waals surface area contributed by atoms with Gasteiger partial charge in [0.25, 0.3) is 11.8 Å². The van der Waals surface area contributed by atoms with Gasteiger partial charge in [0.2, 0.25) is 0 Å². The zero-order chi connectivity index (χ0) is 23.5. The summed E-state index contributed by atoms with van der Waals surface area (Å²) < 4.78 is 5.07. The van der Waals surface area contributed by atoms with Crippen LogP contribution in [0.1, 0.15) is 30.9 Å². The van der Waals surface area contributed by atoms with Gasteiger partial charge in [0.1, 0.15) is 5.70 Å². The van der Waals surface area contributed by atoms with E-state index in [-0.39, 0.29) is 29.6 Å². The van der Waals surface area contributed by atoms with Crippen molar-refractivity contribution in [1.29, 1.82) is 0 Å². The van der Waals surface area contributed by atoms with Gasteiger partial charge < -0.3 is 15.0 Å². The average Bonchev–Trinajstić information content (AvgIpc) is 3.07. The Morgan fingerprint density at radius 1 is 1.06 bits per heavy atom. The van der Waals surface area contributed by atoms with Crippen molar-refractivity contribution >= 4 is 40.8 Å². The van der Waals surface area contributed by atoms with Crippen molar-refractivity contribution in [3.63, 3.8) is 0 Å². The lowest BCUT2D eigenvalue weighted by atomic mass is 10.0. The minimum Gasteiger partial charge on any atom is -0.450 e. The predicted octanol–water partition coefficient (Wildman–Crippen LogP) is 4.46. The summed E-state index contributed by atoms with van der Waals surface area (Å²) in [5.74, 6) is -0.698. The highest BCUT2D eigenvalue weighted by Crippen LogP contribution is 2.35. The summed E-state index contributed by atoms with van der Waals surface area (Å²) in [5.41, 5.74) is 2.72. The molecule has 0 aromatic heterocycles. The number of piperidine rings is 1. The Morgan fingerprint density at radius 2 is 1.76 bits per heavy atom. The van der Waals surface area contributed by atoms with Gasteiger partial charge in [-0.3, -0.25) is 14.5 Å². The summed E-state index contributed by atoms with van der Waals surface area (Å²) in [5, 5.41) is 3.76. The van der Waals surface area contributed by atoms with E-state index in [4.69, 9.17) is 16.3 Å². The fraction of sp³-hybridized carbons (Fsp3) is 0.320. The number of rotatable bonds is 5. The van der Waals surface area contributed by atoms with Gasteiger partial charge in [-0.1, -0.05) is 48.0 Å². The van der Waals surface area contributed by atoms with Gasteiger partial charge in [0.15, 0.2) is 0 Å². The first kappa shape index (κ1) is 22.9. The molecular weight excluding hydrogens is 442 g/mol. The maximum Gasteiger partial charge on any atom is 0.409 e. The van der Waals surface area contributed by atoms with E-state index in [9.17, 15) is 14.4 Å². The lowest BCUT2D eigenvalue weighted by Crippen LogP contribution is -2.49. The van der Waals surface area contributed by atoms with Gasteiger partial charge in [-0.15, -0.1) is 0 Å². The summed E-state index contributed by atoms with van der Waals surface area (Å²) in [6.07, 6.45) is 0.640. The number of anilines is 1. The number of nitrogens with one attached hydrogen (secondary N) is 1. The molecule has 0 spiro atoms. The Balaban J connectivity index is 1.63. The summed E-state index contributed by atoms with van der Waals surface area (Å²) in [7, 11) is 0. The topological polar surface area (TPSA) is 79.0 Å². The molecule has 1 fully saturated rings. The number of halogens is 1. The van der Waals surface area contributed by atoms with Gasteiger partial charge in [-0.25, -0.2) is 4.79 Å². The molecule has 2 aromatic rings. The van der Waals surface area contributed by atoms with Crippen LogP contribution in [0.15, 0.2) is 54.2 Å². The standard InChI is InChI=1S/C25H26ClN3O4/c1-3-33-25(32)28-14-12-18(13-15-28)29-23(30)21(17-8-5-4-6-9-17)22(24(29)31)27-20-11-7-10-19(26)16(20)2/h4-11,18,27H,3,12-15H2,1-2H3. The molecule has 0 atom stereocenters. The van der Waals surface area contributed by atoms with Crippen LogP contribution in [0.25, 0.3) is 5.57 Å². The van der Waals surface area contributed by atoms with Crippen molar-refractivity contribution in [2.24, 2.45) is 0 Å². The maximum atomic E-state index is 13.6. The number of hydrogen-bond acceptors (Lipinski definition) is 5. The zero-order valence-corrected chi connectivity index (χ0v) is 19.4. The van der Waals surface area contributed by atoms with E-state index < -0.39 is 0 Å². The van der Waals surface area contributed by atoms with Crippen molar-refractivity contribution < 1.29 is 19.1 Å². The predicted molar refractivity (Wildman–Crippen MR) is 127 cm³/mol. The van der Waals surface area contributed by atoms with Crippen molar-refractivity contribution in [3.05, 3.63) is 70.4 Å². The molecule has 0 radical (unpaired) electrons. The molecule has 3 amide bonds. The van der Waals surface area contributed by atoms with Crippen LogP contribution in [-0.2, 0) is 14.3 Å². The average molecular weight is 468 g/mol. The minimum atomic E-state index is -0.368. The molecule has 8 heteroatoms. The first-order valence-electron chi connectivity index (χ1n) is 11.0. The first-order valence-corrected chi connectivity index (χ1v) is 11.4. The van der Waals surface area contributed by atoms with Crippen LogP contribution in [0.3, 0.4) is 0 Å². The third kappa shape index (κ3) is 4.46. The third-order valence-electron chi connectivity index (χ3n) is 6.06. The zero-order valence-electron chi connectivity index (χ0n) is 18.6. The number of carbonyl (C=O) groups is 3. The number of ether oxygens (including phenoxy) is 1. The van der Waals surface area contributed by atoms with Crippen LogP contribution >= 0.6 is 11.6 Å². The van der Waals surface area contributed by atoms with E-state index in [2.05, 4.69) is 5.32 Å². The normalized spacial score (nSPS) is 17.1. The van der Waals surface area contributed by atoms with Crippen LogP contribution in [0.4, 0.5) is 10.5 Å². The van der Waals surface area contributed by atoms with E-state index in [0.717, 1.165) is 5.56 Å². The van der Waals surface area contributed by atoms with Gasteiger partial charge >= 0.3 is 6.09 Å². The molecule has 2 aliphatic rings. The number of amides is 3. The third-order valence-corrected chi connectivity index (χ3v) is 6.47. The van der Waals surface area contributed by atoms with Gasteiger partial charge in [-0.2, -0.15) is 0 Å². The summed E-state index contributed by atoms with van der Waals surface area (Å²) >= 11 is 6.27. The highest BCUT2D eigenvalue weighted by Gasteiger charge is 2.44. The number of imide groups is 1. The Labute approximate surface area is 198 Å². The maximum absolute atomic E-state index is 13.6. The van der Waals surface area contributed by atoms with Crippen LogP contribution < -0.4 is 5.32 Å². The molecular formula is C25H26ClN3O4. The molecule has 4 rings (SSSR count). The Bertz CT molecular complexity index is 1110. The number of carbonyl (C=O) groups excluding carboxylic acids is 3. The fourth-order valence-corrected chi connectivity index (χ4v) is 4.44. The second-order valence-corrected chi connectivity index (χ2v) is 8.46. The van der Waals surface area contributed by atoms with Gasteiger partial charge in [0, 0.05) is 29.8 Å². The van der Waals surface area contributed by atoms with Crippen LogP contribution in [-0.4, -0.2) is 53.4 Å². The number of nitrogens with zero attached hydrogens (tertiary/aromatic N) is 2. The highest BCUT2D eigenvalue weighted by molar-refractivity contribution is 6.37. The van der Waals surface area contributed by atoms with Crippen molar-refractivity contribution in [1.82, 2.24) is 9.80 Å². The minimum absolute atomic E-state index is 0.240. The Morgan fingerprint density at radius 3 is 2.42 bits per heavy atom. The van der Waals surface area contributed by atoms with Crippen molar-refractivity contribution in [2.75, 3.05) is 25.0 Å². The summed E-state index contributed by atoms with van der Waals surface area (Å²) in [6.45, 7) is 4.79. The number of likely N-dealkylation sites (tertiary alicyclic amines) is 1. The van der Waals surface area contributed by atoms with E-state index >= 15 is 0 Å². The second-order valence-electron chi connectivity index (χ2n) is 8.05. The Kier molecular flexibility index (Phi) is 6.70. The molecule has 2 heterocycles. The molecule has 0 bridgehead atoms. The quantitative estimate of drug-likeness (QED) is 0.657. The van der Waals surface area contributed by atoms with Crippen molar-refractivity contribution in [2.45, 2.75) is 32.7 Å².